The summed E-state index contributed by atoms with van der Waals surface area (Å²) < 4.78 is 15.4. The molecule has 0 spiro atoms. The number of nitrogens with one attached hydrogen (secondary N) is 1. The van der Waals surface area contributed by atoms with E-state index in [4.69, 9.17) is 5.84 Å². The summed E-state index contributed by atoms with van der Waals surface area (Å²) in [5.41, 5.74) is 2.74. The number of carbonyl (C=O) groups is 1. The van der Waals surface area contributed by atoms with Crippen molar-refractivity contribution < 1.29 is 9.18 Å². The molecule has 1 heterocycles. The van der Waals surface area contributed by atoms with Crippen molar-refractivity contribution in [3.05, 3.63) is 41.5 Å². The van der Waals surface area contributed by atoms with Crippen molar-refractivity contribution in [2.24, 2.45) is 12.9 Å². The van der Waals surface area contributed by atoms with Gasteiger partial charge in [0.15, 0.2) is 5.16 Å². The van der Waals surface area contributed by atoms with E-state index in [1.54, 1.807) is 17.9 Å². The van der Waals surface area contributed by atoms with E-state index in [9.17, 15) is 9.18 Å². The number of nitrogen functional groups attached to an aromatic ring is 1. The highest BCUT2D eigenvalue weighted by Crippen LogP contribution is 2.22. The summed E-state index contributed by atoms with van der Waals surface area (Å²) in [4.78, 5) is 11.4. The van der Waals surface area contributed by atoms with Gasteiger partial charge in [0.05, 0.1) is 0 Å². The van der Waals surface area contributed by atoms with Gasteiger partial charge in [0.2, 0.25) is 0 Å². The van der Waals surface area contributed by atoms with Crippen molar-refractivity contribution in [2.75, 3.05) is 0 Å². The van der Waals surface area contributed by atoms with Crippen LogP contribution in [0.3, 0.4) is 0 Å². The Morgan fingerprint density at radius 1 is 1.58 bits per heavy atom. The van der Waals surface area contributed by atoms with E-state index in [1.165, 1.54) is 30.0 Å². The molecule has 0 radical (unpaired) electrons. The third kappa shape index (κ3) is 3.09. The lowest BCUT2D eigenvalue weighted by molar-refractivity contribution is 0.0953. The first-order valence-electron chi connectivity index (χ1n) is 5.38. The van der Waals surface area contributed by atoms with Crippen molar-refractivity contribution in [1.82, 2.24) is 20.2 Å². The quantitative estimate of drug-likeness (QED) is 0.375. The van der Waals surface area contributed by atoms with E-state index < -0.39 is 5.91 Å². The molecule has 2 rings (SSSR count). The summed E-state index contributed by atoms with van der Waals surface area (Å²) in [5, 5.41) is 8.30. The number of halogens is 1. The summed E-state index contributed by atoms with van der Waals surface area (Å²) in [7, 11) is 1.80. The maximum Gasteiger partial charge on any atom is 0.265 e. The van der Waals surface area contributed by atoms with E-state index in [0.29, 0.717) is 22.0 Å². The zero-order valence-corrected chi connectivity index (χ0v) is 10.9. The average Bonchev–Trinajstić information content (AvgIpc) is 2.82. The number of hydrogen-bond donors (Lipinski definition) is 2. The first-order valence-corrected chi connectivity index (χ1v) is 6.36. The van der Waals surface area contributed by atoms with Gasteiger partial charge >= 0.3 is 0 Å². The van der Waals surface area contributed by atoms with Crippen LogP contribution in [-0.4, -0.2) is 20.7 Å². The van der Waals surface area contributed by atoms with Gasteiger partial charge in [-0.25, -0.2) is 10.2 Å². The third-order valence-electron chi connectivity index (χ3n) is 2.47. The summed E-state index contributed by atoms with van der Waals surface area (Å²) in [6.45, 7) is 0. The first-order chi connectivity index (χ1) is 9.11. The molecule has 0 bridgehead atoms. The van der Waals surface area contributed by atoms with Gasteiger partial charge in [-0.2, -0.15) is 0 Å². The Morgan fingerprint density at radius 2 is 2.37 bits per heavy atom. The Hall–Kier alpha value is -1.93. The average molecular weight is 281 g/mol. The maximum absolute atomic E-state index is 13.6. The van der Waals surface area contributed by atoms with Gasteiger partial charge in [-0.15, -0.1) is 10.2 Å². The summed E-state index contributed by atoms with van der Waals surface area (Å²) in [6, 6.07) is 4.10. The predicted molar refractivity (Wildman–Crippen MR) is 68.6 cm³/mol. The van der Waals surface area contributed by atoms with Crippen LogP contribution < -0.4 is 11.3 Å². The molecule has 1 aromatic heterocycles. The number of amides is 1. The Kier molecular flexibility index (Phi) is 4.13. The fraction of sp³-hybridized carbons (Fsp3) is 0.182. The van der Waals surface area contributed by atoms with E-state index in [1.807, 2.05) is 5.43 Å². The van der Waals surface area contributed by atoms with Crippen LogP contribution in [0.4, 0.5) is 4.39 Å². The fourth-order valence-electron chi connectivity index (χ4n) is 1.46. The van der Waals surface area contributed by atoms with Crippen LogP contribution in [0.25, 0.3) is 0 Å². The van der Waals surface area contributed by atoms with E-state index in [2.05, 4.69) is 10.2 Å². The molecule has 0 aliphatic heterocycles. The topological polar surface area (TPSA) is 85.8 Å². The van der Waals surface area contributed by atoms with Gasteiger partial charge in [-0.05, 0) is 23.8 Å². The Morgan fingerprint density at radius 3 is 3.00 bits per heavy atom. The van der Waals surface area contributed by atoms with Gasteiger partial charge < -0.3 is 4.57 Å². The number of thioether (sulfide) groups is 1. The number of hydrogen-bond acceptors (Lipinski definition) is 5. The zero-order chi connectivity index (χ0) is 13.8. The number of aryl methyl sites for hydroxylation is 1. The lowest BCUT2D eigenvalue weighted by atomic mass is 10.1. The molecule has 19 heavy (non-hydrogen) atoms. The molecule has 2 aromatic rings. The van der Waals surface area contributed by atoms with Gasteiger partial charge in [0.1, 0.15) is 12.1 Å². The van der Waals surface area contributed by atoms with Crippen LogP contribution in [0, 0.1) is 5.82 Å². The molecule has 0 aliphatic rings. The first kappa shape index (κ1) is 13.5. The lowest BCUT2D eigenvalue weighted by Gasteiger charge is -2.05. The summed E-state index contributed by atoms with van der Waals surface area (Å²) in [6.07, 6.45) is 1.57. The summed E-state index contributed by atoms with van der Waals surface area (Å²) in [5.74, 6) is 4.57. The molecule has 0 atom stereocenters. The largest absolute Gasteiger partial charge is 0.312 e. The second kappa shape index (κ2) is 5.81. The number of nitrogens with two attached hydrogens (primary N) is 1. The Balaban J connectivity index is 2.15. The van der Waals surface area contributed by atoms with E-state index >= 15 is 0 Å². The predicted octanol–water partition coefficient (Wildman–Crippen LogP) is 0.850. The summed E-state index contributed by atoms with van der Waals surface area (Å²) >= 11 is 1.34. The molecule has 0 aliphatic carbocycles. The number of carbonyl (C=O) groups excluding carboxylic acids is 1. The molecule has 0 saturated heterocycles. The number of benzene rings is 1. The van der Waals surface area contributed by atoms with Crippen molar-refractivity contribution in [1.29, 1.82) is 0 Å². The standard InChI is InChI=1S/C11H12FN5OS/c1-17-6-14-16-11(17)19-5-8-4-7(10(18)15-13)2-3-9(8)12/h2-4,6H,5,13H2,1H3,(H,15,18). The molecule has 1 amide bonds. The SMILES string of the molecule is Cn1cnnc1SCc1cc(C(=O)NN)ccc1F. The lowest BCUT2D eigenvalue weighted by Crippen LogP contribution is -2.30. The Bertz CT molecular complexity index is 601. The highest BCUT2D eigenvalue weighted by atomic mass is 32.2. The molecule has 0 fully saturated rings. The minimum absolute atomic E-state index is 0.317. The second-order valence-electron chi connectivity index (χ2n) is 3.79. The molecule has 1 aromatic carbocycles. The molecule has 100 valence electrons. The van der Waals surface area contributed by atoms with Crippen molar-refractivity contribution in [3.63, 3.8) is 0 Å². The highest BCUT2D eigenvalue weighted by Gasteiger charge is 2.10. The molecule has 0 saturated carbocycles. The van der Waals surface area contributed by atoms with E-state index in [0.717, 1.165) is 0 Å². The van der Waals surface area contributed by atoms with Gasteiger partial charge in [0, 0.05) is 18.4 Å². The molecular weight excluding hydrogens is 269 g/mol. The van der Waals surface area contributed by atoms with Crippen molar-refractivity contribution >= 4 is 17.7 Å². The van der Waals surface area contributed by atoms with Crippen molar-refractivity contribution in [2.45, 2.75) is 10.9 Å². The number of hydrazine groups is 1. The van der Waals surface area contributed by atoms with Crippen LogP contribution in [0.2, 0.25) is 0 Å². The van der Waals surface area contributed by atoms with Crippen LogP contribution in [0.5, 0.6) is 0 Å². The van der Waals surface area contributed by atoms with Gasteiger partial charge in [-0.3, -0.25) is 10.2 Å². The maximum atomic E-state index is 13.6. The zero-order valence-electron chi connectivity index (χ0n) is 10.1. The highest BCUT2D eigenvalue weighted by molar-refractivity contribution is 7.98. The molecule has 8 heteroatoms. The minimum atomic E-state index is -0.454. The molecule has 6 nitrogen and oxygen atoms in total. The smallest absolute Gasteiger partial charge is 0.265 e. The number of rotatable bonds is 4. The van der Waals surface area contributed by atoms with Gasteiger partial charge in [-0.1, -0.05) is 11.8 Å². The molecule has 3 N–H and O–H groups in total. The van der Waals surface area contributed by atoms with Crippen LogP contribution >= 0.6 is 11.8 Å². The minimum Gasteiger partial charge on any atom is -0.312 e. The molecular formula is C11H12FN5OS. The van der Waals surface area contributed by atoms with Crippen LogP contribution in [0.1, 0.15) is 15.9 Å². The van der Waals surface area contributed by atoms with Crippen LogP contribution in [-0.2, 0) is 12.8 Å². The number of nitrogens with zero attached hydrogens (tertiary/aromatic N) is 3. The molecule has 0 unspecified atom stereocenters. The fourth-order valence-corrected chi connectivity index (χ4v) is 2.32. The van der Waals surface area contributed by atoms with Crippen molar-refractivity contribution in [3.8, 4) is 0 Å². The number of aromatic nitrogens is 3. The Labute approximate surface area is 113 Å². The second-order valence-corrected chi connectivity index (χ2v) is 4.74. The van der Waals surface area contributed by atoms with Crippen LogP contribution in [0.15, 0.2) is 29.7 Å². The van der Waals surface area contributed by atoms with Gasteiger partial charge in [0.25, 0.3) is 5.91 Å². The normalized spacial score (nSPS) is 10.5. The third-order valence-corrected chi connectivity index (χ3v) is 3.55. The monoisotopic (exact) mass is 281 g/mol. The van der Waals surface area contributed by atoms with E-state index in [-0.39, 0.29) is 5.82 Å².